The first-order chi connectivity index (χ1) is 19.8. The summed E-state index contributed by atoms with van der Waals surface area (Å²) in [4.78, 5) is 37.7. The van der Waals surface area contributed by atoms with Crippen LogP contribution in [-0.4, -0.2) is 39.2 Å². The Hall–Kier alpha value is -4.51. The van der Waals surface area contributed by atoms with Crippen LogP contribution in [0.5, 0.6) is 11.5 Å². The van der Waals surface area contributed by atoms with Crippen molar-refractivity contribution in [3.05, 3.63) is 107 Å². The van der Waals surface area contributed by atoms with Gasteiger partial charge in [-0.25, -0.2) is 18.7 Å². The van der Waals surface area contributed by atoms with E-state index in [1.807, 2.05) is 19.9 Å². The molecule has 1 aromatic heterocycles. The number of nitrogens with zero attached hydrogens (tertiary/aromatic N) is 3. The lowest BCUT2D eigenvalue weighted by Gasteiger charge is -2.31. The van der Waals surface area contributed by atoms with Gasteiger partial charge in [-0.2, -0.15) is 0 Å². The van der Waals surface area contributed by atoms with Gasteiger partial charge in [-0.15, -0.1) is 0 Å². The quantitative estimate of drug-likeness (QED) is 0.205. The van der Waals surface area contributed by atoms with Gasteiger partial charge in [0.15, 0.2) is 16.7 Å². The molecule has 3 aromatic carbocycles. The standard InChI is InChI=1S/C30H26F2N4O4S/c1-18-13-19(2)34-30(33-18)41-16-27(37)36(15-21-5-3-4-6-24(21)32)28(20-7-9-22(31)10-8-20)29(38)35-23-11-12-25-26(14-23)40-17-39-25/h3-14,28H,15-17H2,1-2H3,(H,35,38)/t28-/m0/s1. The molecule has 1 aliphatic rings. The number of hydrogen-bond donors (Lipinski definition) is 1. The molecular weight excluding hydrogens is 550 g/mol. The van der Waals surface area contributed by atoms with Crippen LogP contribution in [0.15, 0.2) is 78.0 Å². The minimum absolute atomic E-state index is 0.0672. The molecule has 0 fully saturated rings. The van der Waals surface area contributed by atoms with Crippen LogP contribution in [0, 0.1) is 25.5 Å². The predicted octanol–water partition coefficient (Wildman–Crippen LogP) is 5.60. The third-order valence-electron chi connectivity index (χ3n) is 6.29. The van der Waals surface area contributed by atoms with Gasteiger partial charge in [0, 0.05) is 35.2 Å². The number of amides is 2. The monoisotopic (exact) mass is 576 g/mol. The lowest BCUT2D eigenvalue weighted by Crippen LogP contribution is -2.42. The van der Waals surface area contributed by atoms with Gasteiger partial charge in [-0.05, 0) is 55.8 Å². The van der Waals surface area contributed by atoms with Crippen molar-refractivity contribution >= 4 is 29.3 Å². The Kier molecular flexibility index (Phi) is 8.44. The van der Waals surface area contributed by atoms with Crippen LogP contribution in [0.1, 0.15) is 28.6 Å². The second-order valence-electron chi connectivity index (χ2n) is 9.35. The van der Waals surface area contributed by atoms with Crippen LogP contribution in [0.4, 0.5) is 14.5 Å². The third kappa shape index (κ3) is 6.80. The molecule has 0 radical (unpaired) electrons. The average Bonchev–Trinajstić information content (AvgIpc) is 3.41. The molecule has 1 atom stereocenters. The number of benzene rings is 3. The first-order valence-corrected chi connectivity index (χ1v) is 13.7. The number of carbonyl (C=O) groups is 2. The maximum atomic E-state index is 14.8. The summed E-state index contributed by atoms with van der Waals surface area (Å²) in [6.45, 7) is 3.51. The molecular formula is C30H26F2N4O4S. The SMILES string of the molecule is Cc1cc(C)nc(SCC(=O)N(Cc2ccccc2F)[C@H](C(=O)Nc2ccc3c(c2)OCO3)c2ccc(F)cc2)n1. The number of nitrogens with one attached hydrogen (secondary N) is 1. The van der Waals surface area contributed by atoms with E-state index in [0.29, 0.717) is 27.9 Å². The summed E-state index contributed by atoms with van der Waals surface area (Å²) < 4.78 is 39.4. The normalized spacial score (nSPS) is 12.6. The molecule has 41 heavy (non-hydrogen) atoms. The van der Waals surface area contributed by atoms with E-state index < -0.39 is 29.5 Å². The van der Waals surface area contributed by atoms with Gasteiger partial charge < -0.3 is 19.7 Å². The molecule has 2 heterocycles. The van der Waals surface area contributed by atoms with Crippen molar-refractivity contribution in [3.63, 3.8) is 0 Å². The highest BCUT2D eigenvalue weighted by atomic mass is 32.2. The molecule has 5 rings (SSSR count). The van der Waals surface area contributed by atoms with E-state index in [1.54, 1.807) is 36.4 Å². The third-order valence-corrected chi connectivity index (χ3v) is 7.12. The minimum atomic E-state index is -1.23. The van der Waals surface area contributed by atoms with Gasteiger partial charge in [0.1, 0.15) is 17.7 Å². The Bertz CT molecular complexity index is 1570. The Labute approximate surface area is 239 Å². The molecule has 1 N–H and O–H groups in total. The van der Waals surface area contributed by atoms with E-state index in [2.05, 4.69) is 15.3 Å². The second-order valence-corrected chi connectivity index (χ2v) is 10.3. The fourth-order valence-corrected chi connectivity index (χ4v) is 5.24. The van der Waals surface area contributed by atoms with Crippen molar-refractivity contribution in [2.75, 3.05) is 17.9 Å². The zero-order valence-electron chi connectivity index (χ0n) is 22.3. The van der Waals surface area contributed by atoms with E-state index >= 15 is 0 Å². The van der Waals surface area contributed by atoms with Crippen LogP contribution in [0.2, 0.25) is 0 Å². The van der Waals surface area contributed by atoms with Crippen molar-refractivity contribution in [3.8, 4) is 11.5 Å². The van der Waals surface area contributed by atoms with E-state index in [9.17, 15) is 18.4 Å². The van der Waals surface area contributed by atoms with E-state index in [-0.39, 0.29) is 24.7 Å². The smallest absolute Gasteiger partial charge is 0.251 e. The average molecular weight is 577 g/mol. The maximum Gasteiger partial charge on any atom is 0.251 e. The lowest BCUT2D eigenvalue weighted by atomic mass is 10.0. The zero-order valence-corrected chi connectivity index (χ0v) is 23.1. The van der Waals surface area contributed by atoms with Crippen LogP contribution in [0.25, 0.3) is 0 Å². The summed E-state index contributed by atoms with van der Waals surface area (Å²) in [7, 11) is 0. The van der Waals surface area contributed by atoms with E-state index in [0.717, 1.165) is 23.1 Å². The molecule has 11 heteroatoms. The summed E-state index contributed by atoms with van der Waals surface area (Å²) in [6, 6.07) is 16.8. The molecule has 0 unspecified atom stereocenters. The van der Waals surface area contributed by atoms with Gasteiger partial charge in [-0.1, -0.05) is 42.1 Å². The highest BCUT2D eigenvalue weighted by molar-refractivity contribution is 7.99. The first kappa shape index (κ1) is 28.0. The molecule has 2 amide bonds. The van der Waals surface area contributed by atoms with Crippen molar-refractivity contribution in [1.29, 1.82) is 0 Å². The number of ether oxygens (including phenoxy) is 2. The number of anilines is 1. The molecule has 210 valence electrons. The topological polar surface area (TPSA) is 93.7 Å². The molecule has 4 aromatic rings. The Morgan fingerprint density at radius 1 is 0.951 bits per heavy atom. The Morgan fingerprint density at radius 3 is 2.39 bits per heavy atom. The molecule has 0 spiro atoms. The van der Waals surface area contributed by atoms with Crippen LogP contribution >= 0.6 is 11.8 Å². The number of thioether (sulfide) groups is 1. The number of aromatic nitrogens is 2. The van der Waals surface area contributed by atoms with Gasteiger partial charge in [0.25, 0.3) is 5.91 Å². The number of halogens is 2. The largest absolute Gasteiger partial charge is 0.454 e. The lowest BCUT2D eigenvalue weighted by molar-refractivity contribution is -0.137. The number of aryl methyl sites for hydroxylation is 2. The number of fused-ring (bicyclic) bond motifs is 1. The summed E-state index contributed by atoms with van der Waals surface area (Å²) in [5.74, 6) is -1.18. The van der Waals surface area contributed by atoms with E-state index in [4.69, 9.17) is 9.47 Å². The zero-order chi connectivity index (χ0) is 28.9. The number of carbonyl (C=O) groups excluding carboxylic acids is 2. The van der Waals surface area contributed by atoms with Crippen molar-refractivity contribution < 1.29 is 27.8 Å². The highest BCUT2D eigenvalue weighted by Crippen LogP contribution is 2.35. The summed E-state index contributed by atoms with van der Waals surface area (Å²) in [5, 5.41) is 3.23. The van der Waals surface area contributed by atoms with Crippen molar-refractivity contribution in [2.24, 2.45) is 0 Å². The van der Waals surface area contributed by atoms with E-state index in [1.165, 1.54) is 35.2 Å². The van der Waals surface area contributed by atoms with Crippen molar-refractivity contribution in [2.45, 2.75) is 31.6 Å². The number of rotatable bonds is 9. The number of hydrogen-bond acceptors (Lipinski definition) is 7. The summed E-state index contributed by atoms with van der Waals surface area (Å²) in [6.07, 6.45) is 0. The Balaban J connectivity index is 1.49. The van der Waals surface area contributed by atoms with Crippen LogP contribution in [-0.2, 0) is 16.1 Å². The molecule has 1 aliphatic heterocycles. The van der Waals surface area contributed by atoms with Gasteiger partial charge in [-0.3, -0.25) is 9.59 Å². The predicted molar refractivity (Wildman–Crippen MR) is 150 cm³/mol. The Morgan fingerprint density at radius 2 is 1.66 bits per heavy atom. The summed E-state index contributed by atoms with van der Waals surface area (Å²) in [5.41, 5.74) is 2.48. The van der Waals surface area contributed by atoms with Crippen molar-refractivity contribution in [1.82, 2.24) is 14.9 Å². The maximum absolute atomic E-state index is 14.8. The van der Waals surface area contributed by atoms with Crippen LogP contribution < -0.4 is 14.8 Å². The first-order valence-electron chi connectivity index (χ1n) is 12.7. The fraction of sp³-hybridized carbons (Fsp3) is 0.200. The molecule has 0 aliphatic carbocycles. The minimum Gasteiger partial charge on any atom is -0.454 e. The molecule has 8 nitrogen and oxygen atoms in total. The highest BCUT2D eigenvalue weighted by Gasteiger charge is 2.33. The fourth-order valence-electron chi connectivity index (χ4n) is 4.40. The molecule has 0 saturated heterocycles. The summed E-state index contributed by atoms with van der Waals surface area (Å²) >= 11 is 1.11. The molecule has 0 bridgehead atoms. The van der Waals surface area contributed by atoms with Gasteiger partial charge in [0.05, 0.1) is 5.75 Å². The van der Waals surface area contributed by atoms with Gasteiger partial charge >= 0.3 is 0 Å². The van der Waals surface area contributed by atoms with Gasteiger partial charge in [0.2, 0.25) is 12.7 Å². The second kappa shape index (κ2) is 12.3. The molecule has 0 saturated carbocycles. The van der Waals surface area contributed by atoms with Crippen LogP contribution in [0.3, 0.4) is 0 Å².